The molecule has 0 saturated carbocycles. The van der Waals surface area contributed by atoms with E-state index in [4.69, 9.17) is 15.2 Å². The average Bonchev–Trinajstić information content (AvgIpc) is 2.45. The first-order valence-electron chi connectivity index (χ1n) is 5.98. The number of nitrogens with zero attached hydrogens (tertiary/aromatic N) is 1. The summed E-state index contributed by atoms with van der Waals surface area (Å²) in [7, 11) is 1.47. The third kappa shape index (κ3) is 2.79. The van der Waals surface area contributed by atoms with Crippen LogP contribution in [-0.2, 0) is 14.3 Å². The molecule has 6 heteroatoms. The molecule has 6 nitrogen and oxygen atoms in total. The van der Waals surface area contributed by atoms with E-state index < -0.39 is 11.8 Å². The van der Waals surface area contributed by atoms with E-state index in [0.29, 0.717) is 17.0 Å². The van der Waals surface area contributed by atoms with E-state index in [1.165, 1.54) is 7.11 Å². The standard InChI is InChI=1S/C14H14N2O4/c1-19-12-5-4-10(3-2-6-15)7-11(12)16-13(17)8-20-9-14(16)18/h4-5,7H,6,8-9,15H2,1H3. The molecule has 1 fully saturated rings. The van der Waals surface area contributed by atoms with Gasteiger partial charge in [0.05, 0.1) is 19.3 Å². The topological polar surface area (TPSA) is 81.9 Å². The molecule has 2 rings (SSSR count). The minimum absolute atomic E-state index is 0.131. The third-order valence-corrected chi connectivity index (χ3v) is 2.70. The van der Waals surface area contributed by atoms with Crippen molar-refractivity contribution in [2.24, 2.45) is 5.73 Å². The Labute approximate surface area is 116 Å². The summed E-state index contributed by atoms with van der Waals surface area (Å²) in [6, 6.07) is 5.02. The zero-order valence-electron chi connectivity index (χ0n) is 11.0. The minimum Gasteiger partial charge on any atom is -0.495 e. The van der Waals surface area contributed by atoms with Gasteiger partial charge in [-0.3, -0.25) is 9.59 Å². The lowest BCUT2D eigenvalue weighted by Crippen LogP contribution is -2.46. The summed E-state index contributed by atoms with van der Waals surface area (Å²) in [6.45, 7) is -0.0298. The quantitative estimate of drug-likeness (QED) is 0.601. The molecule has 20 heavy (non-hydrogen) atoms. The van der Waals surface area contributed by atoms with Crippen molar-refractivity contribution >= 4 is 17.5 Å². The highest BCUT2D eigenvalue weighted by molar-refractivity contribution is 6.17. The molecule has 0 aliphatic carbocycles. The highest BCUT2D eigenvalue weighted by Gasteiger charge is 2.30. The highest BCUT2D eigenvalue weighted by Crippen LogP contribution is 2.30. The first kappa shape index (κ1) is 14.1. The number of benzene rings is 1. The van der Waals surface area contributed by atoms with Crippen LogP contribution in [0, 0.1) is 11.8 Å². The summed E-state index contributed by atoms with van der Waals surface area (Å²) >= 11 is 0. The predicted molar refractivity (Wildman–Crippen MR) is 72.2 cm³/mol. The Bertz CT molecular complexity index is 585. The summed E-state index contributed by atoms with van der Waals surface area (Å²) in [5.74, 6) is 5.14. The lowest BCUT2D eigenvalue weighted by Gasteiger charge is -2.26. The maximum atomic E-state index is 11.9. The molecular formula is C14H14N2O4. The summed E-state index contributed by atoms with van der Waals surface area (Å²) in [5, 5.41) is 0. The van der Waals surface area contributed by atoms with Crippen LogP contribution in [0.25, 0.3) is 0 Å². The van der Waals surface area contributed by atoms with E-state index in [2.05, 4.69) is 11.8 Å². The van der Waals surface area contributed by atoms with Crippen LogP contribution in [0.4, 0.5) is 5.69 Å². The van der Waals surface area contributed by atoms with Crippen molar-refractivity contribution in [3.63, 3.8) is 0 Å². The fourth-order valence-electron chi connectivity index (χ4n) is 1.86. The minimum atomic E-state index is -0.427. The molecular weight excluding hydrogens is 260 g/mol. The number of methoxy groups -OCH3 is 1. The molecule has 104 valence electrons. The zero-order valence-corrected chi connectivity index (χ0v) is 11.0. The van der Waals surface area contributed by atoms with Crippen LogP contribution in [0.1, 0.15) is 5.56 Å². The fourth-order valence-corrected chi connectivity index (χ4v) is 1.86. The molecule has 1 aliphatic heterocycles. The maximum Gasteiger partial charge on any atom is 0.259 e. The van der Waals surface area contributed by atoms with Crippen LogP contribution >= 0.6 is 0 Å². The second-order valence-corrected chi connectivity index (χ2v) is 4.01. The molecule has 2 amide bonds. The molecule has 0 aromatic heterocycles. The number of morpholine rings is 1. The van der Waals surface area contributed by atoms with Crippen molar-refractivity contribution in [1.29, 1.82) is 0 Å². The number of amides is 2. The Morgan fingerprint density at radius 2 is 2.05 bits per heavy atom. The number of hydrogen-bond donors (Lipinski definition) is 1. The Kier molecular flexibility index (Phi) is 4.35. The van der Waals surface area contributed by atoms with Gasteiger partial charge in [-0.05, 0) is 18.2 Å². The summed E-state index contributed by atoms with van der Waals surface area (Å²) < 4.78 is 10.1. The molecule has 0 unspecified atom stereocenters. The van der Waals surface area contributed by atoms with E-state index in [-0.39, 0.29) is 19.8 Å². The molecule has 2 N–H and O–H groups in total. The molecule has 1 aromatic carbocycles. The molecule has 1 aliphatic rings. The van der Waals surface area contributed by atoms with Gasteiger partial charge in [-0.2, -0.15) is 0 Å². The Morgan fingerprint density at radius 3 is 2.65 bits per heavy atom. The van der Waals surface area contributed by atoms with Crippen LogP contribution in [0.5, 0.6) is 5.75 Å². The second kappa shape index (κ2) is 6.19. The predicted octanol–water partition coefficient (Wildman–Crippen LogP) is -0.105. The number of carbonyl (C=O) groups excluding carboxylic acids is 2. The van der Waals surface area contributed by atoms with E-state index in [0.717, 1.165) is 4.90 Å². The molecule has 0 radical (unpaired) electrons. The fraction of sp³-hybridized carbons (Fsp3) is 0.286. The maximum absolute atomic E-state index is 11.9. The zero-order chi connectivity index (χ0) is 14.5. The third-order valence-electron chi connectivity index (χ3n) is 2.70. The Hall–Kier alpha value is -2.36. The number of rotatable bonds is 2. The molecule has 0 bridgehead atoms. The molecule has 1 aromatic rings. The number of hydrogen-bond acceptors (Lipinski definition) is 5. The number of anilines is 1. The van der Waals surface area contributed by atoms with Crippen molar-refractivity contribution in [2.75, 3.05) is 31.8 Å². The molecule has 1 saturated heterocycles. The van der Waals surface area contributed by atoms with Gasteiger partial charge < -0.3 is 15.2 Å². The first-order valence-corrected chi connectivity index (χ1v) is 5.98. The van der Waals surface area contributed by atoms with Crippen LogP contribution < -0.4 is 15.4 Å². The molecule has 0 atom stereocenters. The van der Waals surface area contributed by atoms with Crippen molar-refractivity contribution in [3.8, 4) is 17.6 Å². The van der Waals surface area contributed by atoms with Crippen molar-refractivity contribution in [1.82, 2.24) is 0 Å². The largest absolute Gasteiger partial charge is 0.495 e. The Morgan fingerprint density at radius 1 is 1.35 bits per heavy atom. The average molecular weight is 274 g/mol. The lowest BCUT2D eigenvalue weighted by molar-refractivity contribution is -0.138. The van der Waals surface area contributed by atoms with Crippen LogP contribution in [0.3, 0.4) is 0 Å². The number of nitrogens with two attached hydrogens (primary N) is 1. The summed E-state index contributed by atoms with van der Waals surface area (Å²) in [4.78, 5) is 24.8. The second-order valence-electron chi connectivity index (χ2n) is 4.01. The van der Waals surface area contributed by atoms with Gasteiger partial charge in [-0.15, -0.1) is 0 Å². The summed E-state index contributed by atoms with van der Waals surface area (Å²) in [6.07, 6.45) is 0. The van der Waals surface area contributed by atoms with Gasteiger partial charge in [0.15, 0.2) is 0 Å². The SMILES string of the molecule is COc1ccc(C#CCN)cc1N1C(=O)COCC1=O. The van der Waals surface area contributed by atoms with Gasteiger partial charge in [-0.25, -0.2) is 4.90 Å². The number of imide groups is 1. The van der Waals surface area contributed by atoms with Crippen molar-refractivity contribution < 1.29 is 19.1 Å². The Balaban J connectivity index is 2.46. The van der Waals surface area contributed by atoms with Gasteiger partial charge in [0, 0.05) is 5.56 Å². The smallest absolute Gasteiger partial charge is 0.259 e. The number of carbonyl (C=O) groups is 2. The van der Waals surface area contributed by atoms with Crippen molar-refractivity contribution in [3.05, 3.63) is 23.8 Å². The van der Waals surface area contributed by atoms with E-state index >= 15 is 0 Å². The van der Waals surface area contributed by atoms with Gasteiger partial charge >= 0.3 is 0 Å². The van der Waals surface area contributed by atoms with E-state index in [1.54, 1.807) is 18.2 Å². The van der Waals surface area contributed by atoms with Crippen LogP contribution in [0.15, 0.2) is 18.2 Å². The van der Waals surface area contributed by atoms with Gasteiger partial charge in [-0.1, -0.05) is 11.8 Å². The first-order chi connectivity index (χ1) is 9.67. The molecule has 0 spiro atoms. The van der Waals surface area contributed by atoms with Crippen LogP contribution in [0.2, 0.25) is 0 Å². The van der Waals surface area contributed by atoms with Gasteiger partial charge in [0.25, 0.3) is 11.8 Å². The monoisotopic (exact) mass is 274 g/mol. The summed E-state index contributed by atoms with van der Waals surface area (Å²) in [5.41, 5.74) is 6.35. The molecule has 1 heterocycles. The van der Waals surface area contributed by atoms with Crippen molar-refractivity contribution in [2.45, 2.75) is 0 Å². The lowest BCUT2D eigenvalue weighted by atomic mass is 10.1. The van der Waals surface area contributed by atoms with E-state index in [9.17, 15) is 9.59 Å². The normalized spacial score (nSPS) is 14.8. The van der Waals surface area contributed by atoms with Gasteiger partial charge in [0.1, 0.15) is 19.0 Å². The highest BCUT2D eigenvalue weighted by atomic mass is 16.5. The van der Waals surface area contributed by atoms with E-state index in [1.807, 2.05) is 0 Å². The van der Waals surface area contributed by atoms with Gasteiger partial charge in [0.2, 0.25) is 0 Å². The number of ether oxygens (including phenoxy) is 2. The van der Waals surface area contributed by atoms with Crippen LogP contribution in [-0.4, -0.2) is 38.7 Å².